The van der Waals surface area contributed by atoms with E-state index in [1.54, 1.807) is 24.5 Å². The average molecular weight is 525 g/mol. The molecule has 0 radical (unpaired) electrons. The van der Waals surface area contributed by atoms with E-state index >= 15 is 0 Å². The quantitative estimate of drug-likeness (QED) is 0.162. The van der Waals surface area contributed by atoms with Gasteiger partial charge in [-0.15, -0.1) is 24.0 Å². The molecule has 0 spiro atoms. The fourth-order valence-corrected chi connectivity index (χ4v) is 4.68. The molecule has 5 unspecified atom stereocenters. The molecule has 1 aromatic rings. The lowest BCUT2D eigenvalue weighted by atomic mass is 9.85. The number of imide groups is 1. The summed E-state index contributed by atoms with van der Waals surface area (Å²) in [6.07, 6.45) is 7.68. The third kappa shape index (κ3) is 4.36. The van der Waals surface area contributed by atoms with Gasteiger partial charge in [-0.3, -0.25) is 24.5 Å². The van der Waals surface area contributed by atoms with Crippen molar-refractivity contribution >= 4 is 41.8 Å². The molecule has 3 aliphatic rings. The van der Waals surface area contributed by atoms with E-state index in [4.69, 9.17) is 0 Å². The van der Waals surface area contributed by atoms with Crippen molar-refractivity contribution in [1.29, 1.82) is 0 Å². The Morgan fingerprint density at radius 2 is 1.83 bits per heavy atom. The van der Waals surface area contributed by atoms with E-state index in [-0.39, 0.29) is 66.0 Å². The summed E-state index contributed by atoms with van der Waals surface area (Å²) in [6, 6.07) is 3.51. The number of pyridine rings is 1. The van der Waals surface area contributed by atoms with Gasteiger partial charge >= 0.3 is 0 Å². The largest absolute Gasteiger partial charge is 0.386 e. The van der Waals surface area contributed by atoms with Crippen LogP contribution in [0.3, 0.4) is 0 Å². The molecular weight excluding hydrogens is 497 g/mol. The first-order valence-electron chi connectivity index (χ1n) is 10.2. The molecule has 2 bridgehead atoms. The Kier molecular flexibility index (Phi) is 7.45. The summed E-state index contributed by atoms with van der Waals surface area (Å²) >= 11 is 0. The number of aliphatic hydroxyl groups is 1. The van der Waals surface area contributed by atoms with Crippen molar-refractivity contribution in [1.82, 2.24) is 20.5 Å². The van der Waals surface area contributed by atoms with Gasteiger partial charge in [-0.05, 0) is 42.9 Å². The van der Waals surface area contributed by atoms with E-state index in [1.165, 1.54) is 4.90 Å². The number of rotatable bonds is 7. The Morgan fingerprint density at radius 1 is 1.20 bits per heavy atom. The second-order valence-corrected chi connectivity index (χ2v) is 7.77. The molecule has 5 atom stereocenters. The third-order valence-electron chi connectivity index (χ3n) is 6.05. The highest BCUT2D eigenvalue weighted by Gasteiger charge is 2.58. The zero-order valence-electron chi connectivity index (χ0n) is 16.9. The van der Waals surface area contributed by atoms with Crippen LogP contribution in [0.4, 0.5) is 0 Å². The molecule has 0 aromatic carbocycles. The van der Waals surface area contributed by atoms with Crippen LogP contribution < -0.4 is 10.6 Å². The van der Waals surface area contributed by atoms with Gasteiger partial charge in [-0.2, -0.15) is 0 Å². The Morgan fingerprint density at radius 3 is 2.43 bits per heavy atom. The van der Waals surface area contributed by atoms with E-state index in [0.717, 1.165) is 12.0 Å². The summed E-state index contributed by atoms with van der Waals surface area (Å²) in [5.41, 5.74) is 0.752. The van der Waals surface area contributed by atoms with E-state index in [9.17, 15) is 14.7 Å². The lowest BCUT2D eigenvalue weighted by Crippen LogP contribution is -2.43. The number of fused-ring (bicyclic) bond motifs is 5. The second kappa shape index (κ2) is 9.86. The zero-order valence-corrected chi connectivity index (χ0v) is 19.2. The summed E-state index contributed by atoms with van der Waals surface area (Å²) in [5, 5.41) is 16.5. The van der Waals surface area contributed by atoms with Gasteiger partial charge < -0.3 is 15.7 Å². The van der Waals surface area contributed by atoms with E-state index < -0.39 is 6.10 Å². The van der Waals surface area contributed by atoms with Gasteiger partial charge in [0.25, 0.3) is 0 Å². The Hall–Kier alpha value is -2.01. The SMILES string of the molecule is CCNC(=NCC(O)c1ccncc1)NCCN1C(=O)C2C3C=CC(C3)C2C1=O.I. The molecule has 2 aliphatic carbocycles. The summed E-state index contributed by atoms with van der Waals surface area (Å²) in [4.78, 5) is 35.2. The van der Waals surface area contributed by atoms with Crippen molar-refractivity contribution in [3.8, 4) is 0 Å². The molecule has 2 heterocycles. The van der Waals surface area contributed by atoms with Crippen LogP contribution in [0.5, 0.6) is 0 Å². The predicted molar refractivity (Wildman–Crippen MR) is 123 cm³/mol. The Bertz CT molecular complexity index is 801. The maximum absolute atomic E-state index is 12.7. The number of guanidine groups is 1. The van der Waals surface area contributed by atoms with Crippen LogP contribution in [-0.4, -0.2) is 58.9 Å². The molecular formula is C21H28IN5O3. The van der Waals surface area contributed by atoms with Crippen LogP contribution in [0.1, 0.15) is 25.0 Å². The molecule has 1 aliphatic heterocycles. The molecule has 9 heteroatoms. The smallest absolute Gasteiger partial charge is 0.233 e. The highest BCUT2D eigenvalue weighted by atomic mass is 127. The van der Waals surface area contributed by atoms with Crippen LogP contribution in [0.25, 0.3) is 0 Å². The highest BCUT2D eigenvalue weighted by Crippen LogP contribution is 2.52. The number of carbonyl (C=O) groups excluding carboxylic acids is 2. The van der Waals surface area contributed by atoms with Gasteiger partial charge in [-0.25, -0.2) is 0 Å². The van der Waals surface area contributed by atoms with Crippen LogP contribution >= 0.6 is 24.0 Å². The average Bonchev–Trinajstić information content (AvgIpc) is 3.42. The monoisotopic (exact) mass is 525 g/mol. The minimum absolute atomic E-state index is 0. The van der Waals surface area contributed by atoms with E-state index in [1.807, 2.05) is 6.92 Å². The van der Waals surface area contributed by atoms with Crippen LogP contribution in [-0.2, 0) is 9.59 Å². The Labute approximate surface area is 193 Å². The normalized spacial score (nSPS) is 27.8. The minimum Gasteiger partial charge on any atom is -0.386 e. The van der Waals surface area contributed by atoms with E-state index in [2.05, 4.69) is 32.8 Å². The van der Waals surface area contributed by atoms with Crippen LogP contribution in [0, 0.1) is 23.7 Å². The minimum atomic E-state index is -0.724. The van der Waals surface area contributed by atoms with Crippen molar-refractivity contribution in [2.24, 2.45) is 28.7 Å². The number of hydrogen-bond donors (Lipinski definition) is 3. The third-order valence-corrected chi connectivity index (χ3v) is 6.05. The summed E-state index contributed by atoms with van der Waals surface area (Å²) in [5.74, 6) is 0.620. The molecule has 30 heavy (non-hydrogen) atoms. The number of carbonyl (C=O) groups is 2. The first-order valence-corrected chi connectivity index (χ1v) is 10.2. The lowest BCUT2D eigenvalue weighted by molar-refractivity contribution is -0.140. The van der Waals surface area contributed by atoms with Crippen molar-refractivity contribution in [3.63, 3.8) is 0 Å². The number of aliphatic imine (C=N–C) groups is 1. The van der Waals surface area contributed by atoms with Crippen molar-refractivity contribution in [3.05, 3.63) is 42.2 Å². The molecule has 1 saturated heterocycles. The number of nitrogens with one attached hydrogen (secondary N) is 2. The summed E-state index contributed by atoms with van der Waals surface area (Å²) in [6.45, 7) is 3.55. The van der Waals surface area contributed by atoms with Gasteiger partial charge in [0.15, 0.2) is 5.96 Å². The number of nitrogens with zero attached hydrogens (tertiary/aromatic N) is 3. The van der Waals surface area contributed by atoms with Crippen LogP contribution in [0.2, 0.25) is 0 Å². The lowest BCUT2D eigenvalue weighted by Gasteiger charge is -2.19. The first kappa shape index (κ1) is 22.7. The van der Waals surface area contributed by atoms with Gasteiger partial charge in [-0.1, -0.05) is 12.2 Å². The number of likely N-dealkylation sites (tertiary alicyclic amines) is 1. The molecule has 2 fully saturated rings. The van der Waals surface area contributed by atoms with Crippen molar-refractivity contribution in [2.75, 3.05) is 26.2 Å². The molecule has 162 valence electrons. The summed E-state index contributed by atoms with van der Waals surface area (Å²) in [7, 11) is 0. The standard InChI is InChI=1S/C21H27N5O3.HI/c1-2-23-21(25-12-16(27)13-5-7-22-8-6-13)24-9-10-26-19(28)17-14-3-4-15(11-14)18(17)20(26)29;/h3-8,14-18,27H,2,9-12H2,1H3,(H2,23,24,25);1H. The molecule has 2 amide bonds. The second-order valence-electron chi connectivity index (χ2n) is 7.77. The number of allylic oxidation sites excluding steroid dienone is 2. The number of amides is 2. The molecule has 1 saturated carbocycles. The molecule has 1 aromatic heterocycles. The molecule has 4 rings (SSSR count). The fraction of sp³-hybridized carbons (Fsp3) is 0.524. The van der Waals surface area contributed by atoms with Gasteiger partial charge in [0.05, 0.1) is 24.5 Å². The van der Waals surface area contributed by atoms with Gasteiger partial charge in [0, 0.05) is 32.0 Å². The zero-order chi connectivity index (χ0) is 20.4. The number of aliphatic hydroxyl groups excluding tert-OH is 1. The van der Waals surface area contributed by atoms with Gasteiger partial charge in [0.2, 0.25) is 11.8 Å². The molecule has 3 N–H and O–H groups in total. The molecule has 8 nitrogen and oxygen atoms in total. The topological polar surface area (TPSA) is 107 Å². The number of halogens is 1. The van der Waals surface area contributed by atoms with Gasteiger partial charge in [0.1, 0.15) is 0 Å². The first-order chi connectivity index (χ1) is 14.1. The number of aromatic nitrogens is 1. The Balaban J connectivity index is 0.00000256. The van der Waals surface area contributed by atoms with Crippen molar-refractivity contribution < 1.29 is 14.7 Å². The van der Waals surface area contributed by atoms with Crippen molar-refractivity contribution in [2.45, 2.75) is 19.4 Å². The maximum Gasteiger partial charge on any atom is 0.233 e. The van der Waals surface area contributed by atoms with Crippen LogP contribution in [0.15, 0.2) is 41.7 Å². The fourth-order valence-electron chi connectivity index (χ4n) is 4.68. The highest BCUT2D eigenvalue weighted by molar-refractivity contribution is 14.0. The van der Waals surface area contributed by atoms with E-state index in [0.29, 0.717) is 25.6 Å². The summed E-state index contributed by atoms with van der Waals surface area (Å²) < 4.78 is 0. The maximum atomic E-state index is 12.7. The predicted octanol–water partition coefficient (Wildman–Crippen LogP) is 1.10. The number of hydrogen-bond acceptors (Lipinski definition) is 5.